The maximum Gasteiger partial charge on any atom is 0.212 e. The summed E-state index contributed by atoms with van der Waals surface area (Å²) in [5.74, 6) is 0. The van der Waals surface area contributed by atoms with Crippen LogP contribution in [0.25, 0.3) is 0 Å². The van der Waals surface area contributed by atoms with Gasteiger partial charge in [0.05, 0.1) is 0 Å². The molecule has 2 aliphatic heterocycles. The van der Waals surface area contributed by atoms with Crippen LogP contribution in [-0.4, -0.2) is 16.6 Å². The summed E-state index contributed by atoms with van der Waals surface area (Å²) in [6.07, 6.45) is 2.72. The maximum absolute atomic E-state index is 7.15. The van der Waals surface area contributed by atoms with E-state index in [1.54, 1.807) is 0 Å². The van der Waals surface area contributed by atoms with E-state index >= 15 is 0 Å². The zero-order valence-corrected chi connectivity index (χ0v) is 14.4. The SMILES string of the molecule is c1ccc([Si]2(O[Si]3(c4ccccc4)CCC3)CCC2)cc1. The Bertz CT molecular complexity index is 548. The second-order valence-electron chi connectivity index (χ2n) is 6.53. The van der Waals surface area contributed by atoms with Crippen molar-refractivity contribution in [2.24, 2.45) is 0 Å². The fourth-order valence-electron chi connectivity index (χ4n) is 3.75. The molecule has 0 unspecified atom stereocenters. The summed E-state index contributed by atoms with van der Waals surface area (Å²) >= 11 is 0. The number of benzene rings is 2. The van der Waals surface area contributed by atoms with Crippen molar-refractivity contribution in [3.63, 3.8) is 0 Å². The molecule has 2 saturated heterocycles. The second kappa shape index (κ2) is 5.23. The van der Waals surface area contributed by atoms with E-state index in [4.69, 9.17) is 4.12 Å². The molecule has 2 aromatic carbocycles. The van der Waals surface area contributed by atoms with Gasteiger partial charge in [-0.15, -0.1) is 0 Å². The van der Waals surface area contributed by atoms with Gasteiger partial charge in [-0.2, -0.15) is 0 Å². The van der Waals surface area contributed by atoms with Crippen molar-refractivity contribution in [1.29, 1.82) is 0 Å². The Hall–Kier alpha value is -1.17. The van der Waals surface area contributed by atoms with Crippen LogP contribution in [0, 0.1) is 0 Å². The van der Waals surface area contributed by atoms with Crippen molar-refractivity contribution in [3.05, 3.63) is 60.7 Å². The fraction of sp³-hybridized carbons (Fsp3) is 0.333. The predicted molar refractivity (Wildman–Crippen MR) is 93.2 cm³/mol. The van der Waals surface area contributed by atoms with Crippen LogP contribution in [-0.2, 0) is 4.12 Å². The fourth-order valence-corrected chi connectivity index (χ4v) is 14.1. The molecule has 0 atom stereocenters. The third kappa shape index (κ3) is 2.24. The second-order valence-corrected chi connectivity index (χ2v) is 14.5. The minimum atomic E-state index is -1.65. The van der Waals surface area contributed by atoms with Crippen molar-refractivity contribution in [2.45, 2.75) is 37.0 Å². The van der Waals surface area contributed by atoms with Crippen LogP contribution in [0.3, 0.4) is 0 Å². The lowest BCUT2D eigenvalue weighted by Crippen LogP contribution is -2.68. The molecule has 2 aromatic rings. The van der Waals surface area contributed by atoms with Crippen LogP contribution in [0.5, 0.6) is 0 Å². The molecule has 0 amide bonds. The molecule has 1 nitrogen and oxygen atoms in total. The van der Waals surface area contributed by atoms with E-state index in [1.165, 1.54) is 47.4 Å². The molecule has 2 heterocycles. The monoisotopic (exact) mass is 310 g/mol. The summed E-state index contributed by atoms with van der Waals surface area (Å²) in [5, 5.41) is 3.07. The summed E-state index contributed by atoms with van der Waals surface area (Å²) in [4.78, 5) is 0. The van der Waals surface area contributed by atoms with Gasteiger partial charge >= 0.3 is 0 Å². The number of hydrogen-bond acceptors (Lipinski definition) is 1. The summed E-state index contributed by atoms with van der Waals surface area (Å²) in [6, 6.07) is 27.6. The number of hydrogen-bond donors (Lipinski definition) is 0. The Morgan fingerprint density at radius 3 is 1.24 bits per heavy atom. The van der Waals surface area contributed by atoms with Crippen LogP contribution in [0.4, 0.5) is 0 Å². The third-order valence-corrected chi connectivity index (χ3v) is 15.9. The molecule has 0 aromatic heterocycles. The van der Waals surface area contributed by atoms with E-state index in [-0.39, 0.29) is 0 Å². The predicted octanol–water partition coefficient (Wildman–Crippen LogP) is 3.52. The van der Waals surface area contributed by atoms with Gasteiger partial charge in [-0.3, -0.25) is 0 Å². The molecule has 0 bridgehead atoms. The molecule has 0 radical (unpaired) electrons. The molecule has 2 aliphatic rings. The normalized spacial score (nSPS) is 22.1. The number of rotatable bonds is 4. The van der Waals surface area contributed by atoms with Gasteiger partial charge in [0.25, 0.3) is 0 Å². The van der Waals surface area contributed by atoms with Crippen LogP contribution >= 0.6 is 0 Å². The molecule has 4 rings (SSSR count). The van der Waals surface area contributed by atoms with Crippen LogP contribution in [0.15, 0.2) is 60.7 Å². The Kier molecular flexibility index (Phi) is 3.36. The topological polar surface area (TPSA) is 9.23 Å². The molecule has 0 saturated carbocycles. The van der Waals surface area contributed by atoms with Crippen LogP contribution in [0.1, 0.15) is 12.8 Å². The van der Waals surface area contributed by atoms with Gasteiger partial charge in [-0.1, -0.05) is 73.5 Å². The highest BCUT2D eigenvalue weighted by Gasteiger charge is 2.53. The highest BCUT2D eigenvalue weighted by molar-refractivity contribution is 7.00. The molecule has 0 N–H and O–H groups in total. The molecule has 2 fully saturated rings. The summed E-state index contributed by atoms with van der Waals surface area (Å²) < 4.78 is 7.15. The van der Waals surface area contributed by atoms with E-state index in [2.05, 4.69) is 60.7 Å². The van der Waals surface area contributed by atoms with Gasteiger partial charge in [0, 0.05) is 0 Å². The summed E-state index contributed by atoms with van der Waals surface area (Å²) in [6.45, 7) is 0. The van der Waals surface area contributed by atoms with Gasteiger partial charge in [0.2, 0.25) is 16.6 Å². The lowest BCUT2D eigenvalue weighted by atomic mass is 10.4. The molecule has 108 valence electrons. The molecular formula is C18H22OSi2. The van der Waals surface area contributed by atoms with E-state index in [0.29, 0.717) is 0 Å². The van der Waals surface area contributed by atoms with Gasteiger partial charge in [-0.25, -0.2) is 0 Å². The van der Waals surface area contributed by atoms with E-state index in [0.717, 1.165) is 0 Å². The smallest absolute Gasteiger partial charge is 0.212 e. The van der Waals surface area contributed by atoms with Crippen LogP contribution in [0.2, 0.25) is 24.2 Å². The zero-order valence-electron chi connectivity index (χ0n) is 12.4. The highest BCUT2D eigenvalue weighted by Crippen LogP contribution is 2.42. The third-order valence-electron chi connectivity index (χ3n) is 5.31. The highest BCUT2D eigenvalue weighted by atomic mass is 28.4. The van der Waals surface area contributed by atoms with Gasteiger partial charge in [-0.05, 0) is 34.5 Å². The molecule has 3 heteroatoms. The first-order chi connectivity index (χ1) is 10.3. The maximum atomic E-state index is 7.15. The summed E-state index contributed by atoms with van der Waals surface area (Å²) in [7, 11) is -3.29. The lowest BCUT2D eigenvalue weighted by Gasteiger charge is -2.51. The molecule has 0 aliphatic carbocycles. The van der Waals surface area contributed by atoms with Crippen molar-refractivity contribution < 1.29 is 4.12 Å². The van der Waals surface area contributed by atoms with Gasteiger partial charge < -0.3 is 4.12 Å². The first kappa shape index (κ1) is 13.5. The van der Waals surface area contributed by atoms with Crippen LogP contribution < -0.4 is 10.4 Å². The minimum Gasteiger partial charge on any atom is -0.448 e. The Labute approximate surface area is 129 Å². The Morgan fingerprint density at radius 2 is 0.952 bits per heavy atom. The van der Waals surface area contributed by atoms with Crippen molar-refractivity contribution in [2.75, 3.05) is 0 Å². The largest absolute Gasteiger partial charge is 0.448 e. The molecular weight excluding hydrogens is 288 g/mol. The first-order valence-electron chi connectivity index (χ1n) is 8.14. The minimum absolute atomic E-state index is 1.33. The standard InChI is InChI=1S/C18H22OSi2/c1-3-9-17(10-4-1)20(13-7-14-20)19-21(15-8-16-21)18-11-5-2-6-12-18/h1-6,9-12H,7-8,13-16H2. The zero-order chi connectivity index (χ0) is 14.2. The van der Waals surface area contributed by atoms with Crippen molar-refractivity contribution in [3.8, 4) is 0 Å². The van der Waals surface area contributed by atoms with E-state index < -0.39 is 16.6 Å². The Morgan fingerprint density at radius 1 is 0.571 bits per heavy atom. The Balaban J connectivity index is 1.67. The molecule has 0 spiro atoms. The lowest BCUT2D eigenvalue weighted by molar-refractivity contribution is 0.482. The van der Waals surface area contributed by atoms with Crippen molar-refractivity contribution in [1.82, 2.24) is 0 Å². The van der Waals surface area contributed by atoms with Gasteiger partial charge in [0.1, 0.15) is 0 Å². The average Bonchev–Trinajstić information content (AvgIpc) is 2.47. The molecule has 21 heavy (non-hydrogen) atoms. The average molecular weight is 311 g/mol. The van der Waals surface area contributed by atoms with Gasteiger partial charge in [0.15, 0.2) is 0 Å². The van der Waals surface area contributed by atoms with Crippen molar-refractivity contribution >= 4 is 27.0 Å². The first-order valence-corrected chi connectivity index (χ1v) is 12.8. The van der Waals surface area contributed by atoms with E-state index in [9.17, 15) is 0 Å². The summed E-state index contributed by atoms with van der Waals surface area (Å²) in [5.41, 5.74) is 0. The quantitative estimate of drug-likeness (QED) is 0.785. The van der Waals surface area contributed by atoms with E-state index in [1.807, 2.05) is 0 Å².